The van der Waals surface area contributed by atoms with Gasteiger partial charge in [0, 0.05) is 59.8 Å². The summed E-state index contributed by atoms with van der Waals surface area (Å²) in [7, 11) is 0. The maximum atomic E-state index is 13.2. The quantitative estimate of drug-likeness (QED) is 0.192. The summed E-state index contributed by atoms with van der Waals surface area (Å²) in [5.74, 6) is -0.819. The molecular formula is C39H38N6O6. The third kappa shape index (κ3) is 6.32. The van der Waals surface area contributed by atoms with Crippen LogP contribution in [0.25, 0.3) is 11.1 Å². The van der Waals surface area contributed by atoms with Gasteiger partial charge < -0.3 is 25.4 Å². The highest BCUT2D eigenvalue weighted by Gasteiger charge is 2.44. The SMILES string of the molecule is O=C1CCC(N2Cc3c(OCC(=O)Nc4cccc(-c5ccc6c(c5)[C@H]5[C@H](CCN5Cc5ccncc5)[C@@H](CO)N6)c4)cccc3C2=O)C(=O)N1. The average molecular weight is 687 g/mol. The molecule has 12 heteroatoms. The lowest BCUT2D eigenvalue weighted by atomic mass is 9.82. The van der Waals surface area contributed by atoms with Crippen LogP contribution >= 0.6 is 0 Å². The number of benzene rings is 3. The predicted molar refractivity (Wildman–Crippen MR) is 188 cm³/mol. The third-order valence-corrected chi connectivity index (χ3v) is 10.5. The van der Waals surface area contributed by atoms with Crippen molar-refractivity contribution in [1.29, 1.82) is 0 Å². The first-order valence-electron chi connectivity index (χ1n) is 17.3. The number of ether oxygens (including phenoxy) is 1. The number of piperidine rings is 1. The molecular weight excluding hydrogens is 648 g/mol. The number of hydrogen-bond donors (Lipinski definition) is 4. The fourth-order valence-electron chi connectivity index (χ4n) is 8.05. The van der Waals surface area contributed by atoms with Gasteiger partial charge in [-0.25, -0.2) is 0 Å². The molecule has 0 radical (unpaired) electrons. The second-order valence-electron chi connectivity index (χ2n) is 13.6. The maximum Gasteiger partial charge on any atom is 0.262 e. The number of nitrogens with one attached hydrogen (secondary N) is 3. The third-order valence-electron chi connectivity index (χ3n) is 10.5. The Morgan fingerprint density at radius 3 is 2.63 bits per heavy atom. The Morgan fingerprint density at radius 1 is 0.980 bits per heavy atom. The lowest BCUT2D eigenvalue weighted by Crippen LogP contribution is -2.52. The topological polar surface area (TPSA) is 153 Å². The van der Waals surface area contributed by atoms with Crippen LogP contribution in [0.15, 0.2) is 85.2 Å². The van der Waals surface area contributed by atoms with Crippen molar-refractivity contribution >= 4 is 35.0 Å². The number of carbonyl (C=O) groups is 4. The van der Waals surface area contributed by atoms with Gasteiger partial charge in [-0.2, -0.15) is 0 Å². The minimum atomic E-state index is -0.736. The van der Waals surface area contributed by atoms with Crippen molar-refractivity contribution in [2.24, 2.45) is 5.92 Å². The molecule has 0 spiro atoms. The molecule has 2 fully saturated rings. The van der Waals surface area contributed by atoms with Crippen LogP contribution in [0.2, 0.25) is 0 Å². The Bertz CT molecular complexity index is 2020. The average Bonchev–Trinajstić information content (AvgIpc) is 3.72. The molecule has 0 aliphatic carbocycles. The van der Waals surface area contributed by atoms with E-state index < -0.39 is 11.9 Å². The molecule has 4 aliphatic heterocycles. The van der Waals surface area contributed by atoms with Gasteiger partial charge in [-0.1, -0.05) is 24.3 Å². The number of fused-ring (bicyclic) bond motifs is 4. The Hall–Kier alpha value is -5.59. The minimum Gasteiger partial charge on any atom is -0.483 e. The minimum absolute atomic E-state index is 0.0155. The molecule has 51 heavy (non-hydrogen) atoms. The lowest BCUT2D eigenvalue weighted by molar-refractivity contribution is -0.137. The summed E-state index contributed by atoms with van der Waals surface area (Å²) in [6.45, 7) is 1.68. The van der Waals surface area contributed by atoms with Crippen molar-refractivity contribution in [3.8, 4) is 16.9 Å². The molecule has 4 aromatic rings. The molecule has 4 aliphatic rings. The number of amides is 4. The van der Waals surface area contributed by atoms with Gasteiger partial charge in [0.15, 0.2) is 6.61 Å². The molecule has 4 atom stereocenters. The van der Waals surface area contributed by atoms with Crippen LogP contribution in [-0.2, 0) is 27.5 Å². The maximum absolute atomic E-state index is 13.2. The Balaban J connectivity index is 0.957. The highest BCUT2D eigenvalue weighted by Crippen LogP contribution is 2.48. The Morgan fingerprint density at radius 2 is 1.80 bits per heavy atom. The molecule has 4 amide bonds. The van der Waals surface area contributed by atoms with Gasteiger partial charge in [0.2, 0.25) is 11.8 Å². The van der Waals surface area contributed by atoms with Gasteiger partial charge in [-0.15, -0.1) is 0 Å². The first-order valence-corrected chi connectivity index (χ1v) is 17.3. The number of nitrogens with zero attached hydrogens (tertiary/aromatic N) is 3. The van der Waals surface area contributed by atoms with E-state index >= 15 is 0 Å². The zero-order valence-electron chi connectivity index (χ0n) is 27.9. The first-order chi connectivity index (χ1) is 24.9. The number of imide groups is 1. The molecule has 1 aromatic heterocycles. The summed E-state index contributed by atoms with van der Waals surface area (Å²) in [6, 6.07) is 22.6. The molecule has 260 valence electrons. The Labute approximate surface area is 294 Å². The van der Waals surface area contributed by atoms with Crippen LogP contribution in [0.5, 0.6) is 5.75 Å². The van der Waals surface area contributed by atoms with Crippen molar-refractivity contribution in [2.45, 2.75) is 50.5 Å². The van der Waals surface area contributed by atoms with E-state index in [4.69, 9.17) is 4.74 Å². The van der Waals surface area contributed by atoms with E-state index in [1.165, 1.54) is 16.0 Å². The lowest BCUT2D eigenvalue weighted by Gasteiger charge is -2.39. The monoisotopic (exact) mass is 686 g/mol. The summed E-state index contributed by atoms with van der Waals surface area (Å²) >= 11 is 0. The number of carbonyl (C=O) groups excluding carboxylic acids is 4. The molecule has 4 N–H and O–H groups in total. The van der Waals surface area contributed by atoms with Gasteiger partial charge in [-0.3, -0.25) is 34.4 Å². The van der Waals surface area contributed by atoms with Gasteiger partial charge >= 0.3 is 0 Å². The smallest absolute Gasteiger partial charge is 0.262 e. The Kier molecular flexibility index (Phi) is 8.70. The molecule has 8 rings (SSSR count). The molecule has 5 heterocycles. The second-order valence-corrected chi connectivity index (χ2v) is 13.6. The van der Waals surface area contributed by atoms with Crippen molar-refractivity contribution in [3.63, 3.8) is 0 Å². The van der Waals surface area contributed by atoms with Crippen LogP contribution < -0.4 is 20.7 Å². The molecule has 0 saturated carbocycles. The highest BCUT2D eigenvalue weighted by molar-refractivity contribution is 6.05. The van der Waals surface area contributed by atoms with Gasteiger partial charge in [0.05, 0.1) is 19.2 Å². The second kappa shape index (κ2) is 13.6. The zero-order chi connectivity index (χ0) is 35.1. The highest BCUT2D eigenvalue weighted by atomic mass is 16.5. The molecule has 12 nitrogen and oxygen atoms in total. The molecule has 2 saturated heterocycles. The van der Waals surface area contributed by atoms with Crippen molar-refractivity contribution in [1.82, 2.24) is 20.1 Å². The number of likely N-dealkylation sites (tertiary alicyclic amines) is 1. The normalized spacial score (nSPS) is 22.5. The standard InChI is InChI=1S/C39H38N6O6/c46-21-32-28-13-16-44(19-23-11-14-40-15-12-23)37(28)29-18-25(7-8-31(29)42-32)24-3-1-4-26(17-24)41-36(48)22-51-34-6-2-5-27-30(34)20-45(39(27)50)33-9-10-35(47)43-38(33)49/h1-8,11-12,14-15,17-18,28,32-33,37,42,46H,9-10,13,16,19-22H2,(H,41,48)(H,43,47,49)/t28-,32-,33?,37-/m1/s1. The van der Waals surface area contributed by atoms with Crippen LogP contribution in [0.1, 0.15) is 52.4 Å². The number of aliphatic hydroxyl groups excluding tert-OH is 1. The summed E-state index contributed by atoms with van der Waals surface area (Å²) in [5, 5.41) is 19.1. The summed E-state index contributed by atoms with van der Waals surface area (Å²) in [6.07, 6.45) is 5.06. The van der Waals surface area contributed by atoms with Crippen LogP contribution in [0, 0.1) is 5.92 Å². The van der Waals surface area contributed by atoms with Gasteiger partial charge in [-0.05, 0) is 90.2 Å². The van der Waals surface area contributed by atoms with E-state index in [0.29, 0.717) is 22.6 Å². The molecule has 0 bridgehead atoms. The number of rotatable bonds is 9. The van der Waals surface area contributed by atoms with Crippen molar-refractivity contribution < 1.29 is 29.0 Å². The summed E-state index contributed by atoms with van der Waals surface area (Å²) in [4.78, 5) is 58.5. The van der Waals surface area contributed by atoms with Gasteiger partial charge in [0.25, 0.3) is 11.8 Å². The van der Waals surface area contributed by atoms with Gasteiger partial charge in [0.1, 0.15) is 11.8 Å². The van der Waals surface area contributed by atoms with E-state index in [1.54, 1.807) is 18.2 Å². The summed E-state index contributed by atoms with van der Waals surface area (Å²) < 4.78 is 5.92. The number of anilines is 2. The number of aliphatic hydroxyl groups is 1. The van der Waals surface area contributed by atoms with Crippen LogP contribution in [-0.4, -0.2) is 75.4 Å². The predicted octanol–water partition coefficient (Wildman–Crippen LogP) is 3.88. The zero-order valence-corrected chi connectivity index (χ0v) is 27.9. The van der Waals surface area contributed by atoms with E-state index in [1.807, 2.05) is 48.8 Å². The number of hydrogen-bond acceptors (Lipinski definition) is 9. The van der Waals surface area contributed by atoms with E-state index in [0.717, 1.165) is 36.3 Å². The molecule has 3 aromatic carbocycles. The fourth-order valence-corrected chi connectivity index (χ4v) is 8.05. The molecule has 1 unspecified atom stereocenters. The van der Waals surface area contributed by atoms with Crippen molar-refractivity contribution in [3.05, 3.63) is 107 Å². The first kappa shape index (κ1) is 32.6. The van der Waals surface area contributed by atoms with Crippen LogP contribution in [0.3, 0.4) is 0 Å². The van der Waals surface area contributed by atoms with E-state index in [9.17, 15) is 24.3 Å². The fraction of sp³-hybridized carbons (Fsp3) is 0.308. The van der Waals surface area contributed by atoms with E-state index in [-0.39, 0.29) is 68.3 Å². The summed E-state index contributed by atoms with van der Waals surface area (Å²) in [5.41, 5.74) is 7.04. The van der Waals surface area contributed by atoms with E-state index in [2.05, 4.69) is 44.0 Å². The number of aromatic nitrogens is 1. The largest absolute Gasteiger partial charge is 0.483 e. The van der Waals surface area contributed by atoms with Crippen LogP contribution in [0.4, 0.5) is 11.4 Å². The number of pyridine rings is 1. The van der Waals surface area contributed by atoms with Crippen molar-refractivity contribution in [2.75, 3.05) is 30.4 Å².